The van der Waals surface area contributed by atoms with Gasteiger partial charge in [0.15, 0.2) is 5.34 Å². The molecule has 1 heterocycles. The van der Waals surface area contributed by atoms with Gasteiger partial charge in [0.25, 0.3) is 6.01 Å². The average molecular weight is 131 g/mol. The van der Waals surface area contributed by atoms with Gasteiger partial charge in [0.05, 0.1) is 6.20 Å². The van der Waals surface area contributed by atoms with Crippen molar-refractivity contribution in [2.24, 2.45) is 5.34 Å². The number of aromatic nitrogens is 1. The molecule has 0 atom stereocenters. The van der Waals surface area contributed by atoms with Crippen molar-refractivity contribution in [2.75, 3.05) is 5.73 Å². The summed E-state index contributed by atoms with van der Waals surface area (Å²) in [4.78, 5) is 11.6. The first-order chi connectivity index (χ1) is 4.31. The molecule has 0 saturated carbocycles. The van der Waals surface area contributed by atoms with Crippen LogP contribution in [0.1, 0.15) is 0 Å². The van der Waals surface area contributed by atoms with Crippen LogP contribution in [0, 0.1) is 4.91 Å². The van der Waals surface area contributed by atoms with Gasteiger partial charge < -0.3 is 15.4 Å². The van der Waals surface area contributed by atoms with Gasteiger partial charge in [-0.1, -0.05) is 0 Å². The molecule has 0 aromatic carbocycles. The third-order valence-corrected chi connectivity index (χ3v) is 0.451. The maximum atomic E-state index is 8.11. The van der Waals surface area contributed by atoms with Crippen molar-refractivity contribution in [2.45, 2.75) is 0 Å². The summed E-state index contributed by atoms with van der Waals surface area (Å²) in [6, 6.07) is 0.218. The van der Waals surface area contributed by atoms with Crippen LogP contribution in [0.2, 0.25) is 0 Å². The molecule has 6 nitrogen and oxygen atoms in total. The van der Waals surface area contributed by atoms with Gasteiger partial charge in [0.1, 0.15) is 6.26 Å². The summed E-state index contributed by atoms with van der Waals surface area (Å²) >= 11 is 0. The number of oxazole rings is 1. The molecule has 0 aliphatic rings. The van der Waals surface area contributed by atoms with E-state index in [1.54, 1.807) is 0 Å². The van der Waals surface area contributed by atoms with Gasteiger partial charge in [0.2, 0.25) is 0 Å². The Balaban J connectivity index is 0.000000187. The van der Waals surface area contributed by atoms with E-state index < -0.39 is 0 Å². The van der Waals surface area contributed by atoms with Crippen LogP contribution in [-0.2, 0) is 0 Å². The van der Waals surface area contributed by atoms with E-state index in [1.165, 1.54) is 17.8 Å². The maximum Gasteiger partial charge on any atom is 0.291 e. The van der Waals surface area contributed by atoms with Crippen LogP contribution in [0.4, 0.5) is 6.01 Å². The van der Waals surface area contributed by atoms with Crippen LogP contribution in [0.3, 0.4) is 0 Å². The van der Waals surface area contributed by atoms with Crippen LogP contribution in [0.25, 0.3) is 0 Å². The molecule has 50 valence electrons. The lowest BCUT2D eigenvalue weighted by Gasteiger charge is -1.68. The molecule has 0 radical (unpaired) electrons. The first-order valence-electron chi connectivity index (χ1n) is 1.93. The lowest BCUT2D eigenvalue weighted by atomic mass is 11.0. The fraction of sp³-hybridized carbons (Fsp3) is 0. The first-order valence-corrected chi connectivity index (χ1v) is 1.93. The monoisotopic (exact) mass is 131 g/mol. The fourth-order valence-electron chi connectivity index (χ4n) is 0.234. The predicted molar refractivity (Wildman–Crippen MR) is 28.5 cm³/mol. The first kappa shape index (κ1) is 7.41. The number of hydrogen-bond acceptors (Lipinski definition) is 5. The average Bonchev–Trinajstić information content (AvgIpc) is 2.20. The Bertz CT molecular complexity index is 149. The Morgan fingerprint density at radius 1 is 1.89 bits per heavy atom. The zero-order valence-corrected chi connectivity index (χ0v) is 4.39. The van der Waals surface area contributed by atoms with E-state index in [2.05, 4.69) is 9.40 Å². The zero-order chi connectivity index (χ0) is 7.11. The van der Waals surface area contributed by atoms with E-state index in [4.69, 9.17) is 15.8 Å². The highest BCUT2D eigenvalue weighted by Crippen LogP contribution is 1.90. The van der Waals surface area contributed by atoms with E-state index in [0.29, 0.717) is 0 Å². The fourth-order valence-corrected chi connectivity index (χ4v) is 0.234. The van der Waals surface area contributed by atoms with Crippen LogP contribution >= 0.6 is 0 Å². The Hall–Kier alpha value is -1.59. The molecule has 0 bridgehead atoms. The minimum Gasteiger partial charge on any atom is -0.432 e. The smallest absolute Gasteiger partial charge is 0.291 e. The lowest BCUT2D eigenvalue weighted by molar-refractivity contribution is 0.312. The van der Waals surface area contributed by atoms with Gasteiger partial charge in [-0.3, -0.25) is 0 Å². The number of hydrogen-bond donors (Lipinski definition) is 2. The summed E-state index contributed by atoms with van der Waals surface area (Å²) < 4.78 is 4.50. The minimum atomic E-state index is 0.218. The quantitative estimate of drug-likeness (QED) is 0.392. The summed E-state index contributed by atoms with van der Waals surface area (Å²) in [5.41, 5.74) is 5.00. The van der Waals surface area contributed by atoms with E-state index in [9.17, 15) is 0 Å². The summed E-state index contributed by atoms with van der Waals surface area (Å²) in [5, 5.41) is 7.89. The molecule has 1 aromatic rings. The highest BCUT2D eigenvalue weighted by Gasteiger charge is 1.78. The Labute approximate surface area is 50.2 Å². The van der Waals surface area contributed by atoms with E-state index in [-0.39, 0.29) is 6.01 Å². The van der Waals surface area contributed by atoms with Crippen molar-refractivity contribution >= 4 is 6.01 Å². The molecule has 1 rings (SSSR count). The van der Waals surface area contributed by atoms with Crippen LogP contribution in [-0.4, -0.2) is 10.2 Å². The van der Waals surface area contributed by atoms with Crippen molar-refractivity contribution in [3.05, 3.63) is 17.4 Å². The van der Waals surface area contributed by atoms with Crippen molar-refractivity contribution in [3.63, 3.8) is 0 Å². The van der Waals surface area contributed by atoms with E-state index in [0.717, 1.165) is 0 Å². The molecule has 9 heavy (non-hydrogen) atoms. The molecule has 1 aromatic heterocycles. The summed E-state index contributed by atoms with van der Waals surface area (Å²) in [6.07, 6.45) is 2.92. The number of nitrogens with zero attached hydrogens (tertiary/aromatic N) is 2. The van der Waals surface area contributed by atoms with Gasteiger partial charge in [0, 0.05) is 0 Å². The lowest BCUT2D eigenvalue weighted by Crippen LogP contribution is -1.79. The third-order valence-electron chi connectivity index (χ3n) is 0.451. The van der Waals surface area contributed by atoms with Crippen molar-refractivity contribution < 1.29 is 9.62 Å². The standard InChI is InChI=1S/C3H4N2O.HNO2/c4-3-5-1-2-6-3;2-1-3/h1-2H,(H2,4,5);(H,2,3). The maximum absolute atomic E-state index is 8.11. The molecule has 0 spiro atoms. The molecule has 0 unspecified atom stereocenters. The van der Waals surface area contributed by atoms with E-state index >= 15 is 0 Å². The van der Waals surface area contributed by atoms with Crippen molar-refractivity contribution in [1.82, 2.24) is 4.98 Å². The Morgan fingerprint density at radius 3 is 2.56 bits per heavy atom. The summed E-state index contributed by atoms with van der Waals surface area (Å²) in [5.74, 6) is 0. The number of anilines is 1. The Morgan fingerprint density at radius 2 is 2.44 bits per heavy atom. The van der Waals surface area contributed by atoms with Crippen LogP contribution < -0.4 is 5.73 Å². The topological polar surface area (TPSA) is 102 Å². The van der Waals surface area contributed by atoms with Crippen LogP contribution in [0.5, 0.6) is 0 Å². The summed E-state index contributed by atoms with van der Waals surface area (Å²) in [6.45, 7) is 0. The van der Waals surface area contributed by atoms with E-state index in [1.807, 2.05) is 0 Å². The molecule has 6 heteroatoms. The van der Waals surface area contributed by atoms with Crippen molar-refractivity contribution in [3.8, 4) is 0 Å². The molecular formula is C3H5N3O3. The van der Waals surface area contributed by atoms with Gasteiger partial charge in [-0.15, -0.1) is 4.91 Å². The molecule has 3 N–H and O–H groups in total. The second kappa shape index (κ2) is 4.57. The van der Waals surface area contributed by atoms with Gasteiger partial charge in [-0.05, 0) is 0 Å². The van der Waals surface area contributed by atoms with Gasteiger partial charge >= 0.3 is 0 Å². The zero-order valence-electron chi connectivity index (χ0n) is 4.39. The van der Waals surface area contributed by atoms with Crippen molar-refractivity contribution in [1.29, 1.82) is 0 Å². The SMILES string of the molecule is Nc1ncco1.O=NO. The number of nitrogens with two attached hydrogens (primary N) is 1. The highest BCUT2D eigenvalue weighted by atomic mass is 16.6. The predicted octanol–water partition coefficient (Wildman–Crippen LogP) is 0.399. The number of nitrogen functional groups attached to an aromatic ring is 1. The molecule has 0 fully saturated rings. The molecular weight excluding hydrogens is 126 g/mol. The summed E-state index contributed by atoms with van der Waals surface area (Å²) in [7, 11) is 0. The van der Waals surface area contributed by atoms with Gasteiger partial charge in [-0.25, -0.2) is 4.98 Å². The largest absolute Gasteiger partial charge is 0.432 e. The Kier molecular flexibility index (Phi) is 3.76. The number of rotatable bonds is 0. The minimum absolute atomic E-state index is 0.218. The molecule has 0 amide bonds. The molecule has 0 aliphatic carbocycles. The normalized spacial score (nSPS) is 7.11. The highest BCUT2D eigenvalue weighted by molar-refractivity contribution is 5.04. The van der Waals surface area contributed by atoms with Gasteiger partial charge in [-0.2, -0.15) is 0 Å². The second-order valence-electron chi connectivity index (χ2n) is 0.952. The third kappa shape index (κ3) is 4.26. The molecule has 0 aliphatic heterocycles. The second-order valence-corrected chi connectivity index (χ2v) is 0.952. The molecule has 0 saturated heterocycles. The van der Waals surface area contributed by atoms with Crippen LogP contribution in [0.15, 0.2) is 22.2 Å².